The van der Waals surface area contributed by atoms with Crippen LogP contribution in [0.25, 0.3) is 0 Å². The molecule has 7 nitrogen and oxygen atoms in total. The minimum absolute atomic E-state index is 0.0936. The van der Waals surface area contributed by atoms with E-state index in [-0.39, 0.29) is 11.9 Å². The Hall–Kier alpha value is -3.84. The number of aryl methyl sites for hydroxylation is 3. The predicted octanol–water partition coefficient (Wildman–Crippen LogP) is 5.09. The number of rotatable bonds is 8. The maximum Gasteiger partial charge on any atom is 0.253 e. The molecular weight excluding hydrogens is 450 g/mol. The molecular formula is C29H31N5O2. The molecule has 1 N–H and O–H groups in total. The Bertz CT molecular complexity index is 1300. The molecule has 5 rings (SSSR count). The summed E-state index contributed by atoms with van der Waals surface area (Å²) in [6, 6.07) is 14.7. The summed E-state index contributed by atoms with van der Waals surface area (Å²) in [5.41, 5.74) is 7.09. The number of carbonyl (C=O) groups excluding carboxylic acids is 1. The van der Waals surface area contributed by atoms with Crippen molar-refractivity contribution in [3.05, 3.63) is 112 Å². The molecule has 1 atom stereocenters. The van der Waals surface area contributed by atoms with E-state index in [1.54, 1.807) is 12.4 Å². The third-order valence-electron chi connectivity index (χ3n) is 6.89. The summed E-state index contributed by atoms with van der Waals surface area (Å²) in [5.74, 6) is 0.752. The first-order valence-corrected chi connectivity index (χ1v) is 12.4. The quantitative estimate of drug-likeness (QED) is 0.377. The zero-order valence-electron chi connectivity index (χ0n) is 20.8. The molecule has 0 aliphatic heterocycles. The van der Waals surface area contributed by atoms with Gasteiger partial charge < -0.3 is 9.73 Å². The number of benzene rings is 1. The molecule has 0 spiro atoms. The second-order valence-electron chi connectivity index (χ2n) is 9.42. The lowest BCUT2D eigenvalue weighted by Gasteiger charge is -2.34. The fourth-order valence-electron chi connectivity index (χ4n) is 5.04. The smallest absolute Gasteiger partial charge is 0.253 e. The molecule has 3 heterocycles. The van der Waals surface area contributed by atoms with Crippen LogP contribution < -0.4 is 5.32 Å². The number of hydrogen-bond acceptors (Lipinski definition) is 6. The van der Waals surface area contributed by atoms with Crippen LogP contribution in [0.5, 0.6) is 0 Å². The standard InChI is InChI=1S/C29H31N5O2/c1-20-12-14-31-21(2)27(20)29(35)33-15-22-8-10-23(11-9-22)17-34(18-25-16-30-19-36-25)26-7-3-5-24-6-4-13-32-28(24)26/h4,6,8-14,16,19,26H,3,5,7,15,17-18H2,1-2H3,(H,33,35). The second kappa shape index (κ2) is 10.8. The summed E-state index contributed by atoms with van der Waals surface area (Å²) < 4.78 is 5.59. The van der Waals surface area contributed by atoms with Crippen LogP contribution >= 0.6 is 0 Å². The zero-order chi connectivity index (χ0) is 24.9. The predicted molar refractivity (Wildman–Crippen MR) is 137 cm³/mol. The van der Waals surface area contributed by atoms with Crippen molar-refractivity contribution in [2.24, 2.45) is 0 Å². The number of nitrogens with one attached hydrogen (secondary N) is 1. The van der Waals surface area contributed by atoms with Crippen molar-refractivity contribution in [1.29, 1.82) is 0 Å². The van der Waals surface area contributed by atoms with E-state index in [9.17, 15) is 4.79 Å². The first-order valence-electron chi connectivity index (χ1n) is 12.4. The number of nitrogens with zero attached hydrogens (tertiary/aromatic N) is 4. The fraction of sp³-hybridized carbons (Fsp3) is 0.310. The number of oxazole rings is 1. The number of hydrogen-bond donors (Lipinski definition) is 1. The van der Waals surface area contributed by atoms with Gasteiger partial charge in [-0.2, -0.15) is 0 Å². The van der Waals surface area contributed by atoms with E-state index in [1.165, 1.54) is 23.2 Å². The molecule has 184 valence electrons. The van der Waals surface area contributed by atoms with Crippen molar-refractivity contribution in [3.63, 3.8) is 0 Å². The van der Waals surface area contributed by atoms with Crippen LogP contribution in [0.1, 0.15) is 68.6 Å². The van der Waals surface area contributed by atoms with Gasteiger partial charge in [0, 0.05) is 25.5 Å². The molecule has 4 aromatic rings. The molecule has 3 aromatic heterocycles. The number of fused-ring (bicyclic) bond motifs is 1. The van der Waals surface area contributed by atoms with Gasteiger partial charge in [0.05, 0.1) is 35.7 Å². The van der Waals surface area contributed by atoms with E-state index < -0.39 is 0 Å². The molecule has 0 fully saturated rings. The van der Waals surface area contributed by atoms with Crippen molar-refractivity contribution < 1.29 is 9.21 Å². The summed E-state index contributed by atoms with van der Waals surface area (Å²) in [7, 11) is 0. The largest absolute Gasteiger partial charge is 0.447 e. The maximum atomic E-state index is 12.7. The van der Waals surface area contributed by atoms with Crippen LogP contribution in [0.2, 0.25) is 0 Å². The SMILES string of the molecule is Cc1ccnc(C)c1C(=O)NCc1ccc(CN(Cc2cnco2)C2CCCc3cccnc32)cc1. The highest BCUT2D eigenvalue weighted by atomic mass is 16.3. The number of pyridine rings is 2. The number of aromatic nitrogens is 3. The van der Waals surface area contributed by atoms with E-state index in [4.69, 9.17) is 9.40 Å². The summed E-state index contributed by atoms with van der Waals surface area (Å²) in [6.45, 7) is 5.70. The third kappa shape index (κ3) is 5.36. The molecule has 36 heavy (non-hydrogen) atoms. The lowest BCUT2D eigenvalue weighted by Crippen LogP contribution is -2.31. The van der Waals surface area contributed by atoms with Gasteiger partial charge in [0.15, 0.2) is 6.39 Å². The van der Waals surface area contributed by atoms with Crippen LogP contribution in [0.4, 0.5) is 0 Å². The summed E-state index contributed by atoms with van der Waals surface area (Å²) in [4.78, 5) is 28.3. The summed E-state index contributed by atoms with van der Waals surface area (Å²) in [6.07, 6.45) is 10.2. The summed E-state index contributed by atoms with van der Waals surface area (Å²) in [5, 5.41) is 3.03. The average molecular weight is 482 g/mol. The first-order chi connectivity index (χ1) is 17.6. The minimum atomic E-state index is -0.0936. The van der Waals surface area contributed by atoms with Gasteiger partial charge in [-0.3, -0.25) is 19.7 Å². The Morgan fingerprint density at radius 3 is 2.67 bits per heavy atom. The highest BCUT2D eigenvalue weighted by Crippen LogP contribution is 2.34. The maximum absolute atomic E-state index is 12.7. The Kier molecular flexibility index (Phi) is 7.18. The molecule has 0 saturated heterocycles. The second-order valence-corrected chi connectivity index (χ2v) is 9.42. The normalized spacial score (nSPS) is 15.0. The van der Waals surface area contributed by atoms with Gasteiger partial charge >= 0.3 is 0 Å². The lowest BCUT2D eigenvalue weighted by atomic mass is 9.90. The van der Waals surface area contributed by atoms with Crippen LogP contribution in [-0.2, 0) is 26.1 Å². The Morgan fingerprint density at radius 1 is 1.06 bits per heavy atom. The van der Waals surface area contributed by atoms with Crippen LogP contribution in [-0.4, -0.2) is 25.8 Å². The van der Waals surface area contributed by atoms with Crippen LogP contribution in [0.15, 0.2) is 71.9 Å². The van der Waals surface area contributed by atoms with E-state index in [0.717, 1.165) is 48.4 Å². The highest BCUT2D eigenvalue weighted by molar-refractivity contribution is 5.96. The summed E-state index contributed by atoms with van der Waals surface area (Å²) >= 11 is 0. The van der Waals surface area contributed by atoms with Gasteiger partial charge in [-0.25, -0.2) is 4.98 Å². The van der Waals surface area contributed by atoms with Crippen molar-refractivity contribution in [2.45, 2.75) is 58.8 Å². The van der Waals surface area contributed by atoms with Crippen molar-refractivity contribution in [3.8, 4) is 0 Å². The van der Waals surface area contributed by atoms with Gasteiger partial charge in [-0.15, -0.1) is 0 Å². The number of carbonyl (C=O) groups is 1. The van der Waals surface area contributed by atoms with Gasteiger partial charge in [0.1, 0.15) is 5.76 Å². The van der Waals surface area contributed by atoms with Gasteiger partial charge in [-0.05, 0) is 67.5 Å². The Balaban J connectivity index is 1.29. The fourth-order valence-corrected chi connectivity index (χ4v) is 5.04. The van der Waals surface area contributed by atoms with Crippen LogP contribution in [0, 0.1) is 13.8 Å². The Labute approximate surface area is 211 Å². The third-order valence-corrected chi connectivity index (χ3v) is 6.89. The molecule has 1 aliphatic rings. The van der Waals surface area contributed by atoms with E-state index >= 15 is 0 Å². The molecule has 0 saturated carbocycles. The van der Waals surface area contributed by atoms with Crippen molar-refractivity contribution in [1.82, 2.24) is 25.2 Å². The Morgan fingerprint density at radius 2 is 1.89 bits per heavy atom. The minimum Gasteiger partial charge on any atom is -0.447 e. The van der Waals surface area contributed by atoms with Crippen molar-refractivity contribution >= 4 is 5.91 Å². The molecule has 1 aliphatic carbocycles. The monoisotopic (exact) mass is 481 g/mol. The van der Waals surface area contributed by atoms with E-state index in [2.05, 4.69) is 50.5 Å². The molecule has 1 aromatic carbocycles. The molecule has 1 amide bonds. The van der Waals surface area contributed by atoms with Gasteiger partial charge in [0.2, 0.25) is 0 Å². The molecule has 0 bridgehead atoms. The highest BCUT2D eigenvalue weighted by Gasteiger charge is 2.28. The topological polar surface area (TPSA) is 84.2 Å². The first kappa shape index (κ1) is 23.9. The molecule has 1 unspecified atom stereocenters. The van der Waals surface area contributed by atoms with Gasteiger partial charge in [-0.1, -0.05) is 30.3 Å². The van der Waals surface area contributed by atoms with Crippen LogP contribution in [0.3, 0.4) is 0 Å². The van der Waals surface area contributed by atoms with Crippen molar-refractivity contribution in [2.75, 3.05) is 0 Å². The lowest BCUT2D eigenvalue weighted by molar-refractivity contribution is 0.0949. The van der Waals surface area contributed by atoms with E-state index in [0.29, 0.717) is 18.7 Å². The van der Waals surface area contributed by atoms with Gasteiger partial charge in [0.25, 0.3) is 5.91 Å². The molecule has 0 radical (unpaired) electrons. The number of amides is 1. The van der Waals surface area contributed by atoms with E-state index in [1.807, 2.05) is 32.2 Å². The zero-order valence-corrected chi connectivity index (χ0v) is 20.8. The average Bonchev–Trinajstić information content (AvgIpc) is 3.41. The molecule has 7 heteroatoms.